The molecule has 0 spiro atoms. The molecule has 7 heteroatoms. The Morgan fingerprint density at radius 3 is 2.62 bits per heavy atom. The van der Waals surface area contributed by atoms with Gasteiger partial charge in [0.05, 0.1) is 12.8 Å². The van der Waals surface area contributed by atoms with Crippen LogP contribution in [-0.2, 0) is 6.42 Å². The molecular weight excluding hydrogens is 441 g/mol. The molecule has 1 atom stereocenters. The Morgan fingerprint density at radius 1 is 1.25 bits per heavy atom. The summed E-state index contributed by atoms with van der Waals surface area (Å²) in [5, 5.41) is 7.18. The molecule has 2 aromatic rings. The van der Waals surface area contributed by atoms with Gasteiger partial charge in [0, 0.05) is 25.0 Å². The molecule has 0 bridgehead atoms. The quantitative estimate of drug-likeness (QED) is 0.373. The van der Waals surface area contributed by atoms with Gasteiger partial charge in [0.25, 0.3) is 0 Å². The van der Waals surface area contributed by atoms with Gasteiger partial charge in [-0.3, -0.25) is 4.99 Å². The van der Waals surface area contributed by atoms with E-state index < -0.39 is 0 Å². The Balaban J connectivity index is 0.00000288. The van der Waals surface area contributed by atoms with Gasteiger partial charge < -0.3 is 19.8 Å². The topological polar surface area (TPSA) is 58.8 Å². The van der Waals surface area contributed by atoms with Crippen molar-refractivity contribution in [2.24, 2.45) is 4.99 Å². The van der Waals surface area contributed by atoms with Crippen molar-refractivity contribution < 1.29 is 9.15 Å². The molecule has 1 heterocycles. The monoisotopic (exact) mass is 463 g/mol. The van der Waals surface area contributed by atoms with E-state index in [1.165, 1.54) is 0 Å². The third-order valence-electron chi connectivity index (χ3n) is 3.18. The number of nitrogens with zero attached hydrogens (tertiary/aromatic N) is 1. The van der Waals surface area contributed by atoms with Crippen LogP contribution in [0.1, 0.15) is 12.7 Å². The highest BCUT2D eigenvalue weighted by molar-refractivity contribution is 14.0. The third-order valence-corrected chi connectivity index (χ3v) is 3.43. The van der Waals surface area contributed by atoms with Crippen LogP contribution in [0.25, 0.3) is 0 Å². The number of guanidine groups is 1. The van der Waals surface area contributed by atoms with Gasteiger partial charge in [0.2, 0.25) is 0 Å². The smallest absolute Gasteiger partial charge is 0.191 e. The normalized spacial score (nSPS) is 12.2. The number of hydrogen-bond donors (Lipinski definition) is 2. The van der Waals surface area contributed by atoms with E-state index >= 15 is 0 Å². The summed E-state index contributed by atoms with van der Waals surface area (Å²) >= 11 is 5.86. The van der Waals surface area contributed by atoms with Crippen molar-refractivity contribution >= 4 is 41.5 Å². The van der Waals surface area contributed by atoms with Crippen LogP contribution in [0.3, 0.4) is 0 Å². The molecule has 0 aliphatic carbocycles. The Labute approximate surface area is 164 Å². The number of ether oxygens (including phenoxy) is 1. The molecule has 2 rings (SSSR count). The van der Waals surface area contributed by atoms with Crippen molar-refractivity contribution in [2.75, 3.05) is 20.1 Å². The molecule has 132 valence electrons. The lowest BCUT2D eigenvalue weighted by Crippen LogP contribution is -2.42. The molecule has 0 aliphatic heterocycles. The van der Waals surface area contributed by atoms with Crippen LogP contribution < -0.4 is 15.4 Å². The van der Waals surface area contributed by atoms with Crippen molar-refractivity contribution in [3.8, 4) is 5.75 Å². The summed E-state index contributed by atoms with van der Waals surface area (Å²) in [6.45, 7) is 3.39. The van der Waals surface area contributed by atoms with Crippen LogP contribution in [0.4, 0.5) is 0 Å². The number of rotatable bonds is 7. The van der Waals surface area contributed by atoms with Crippen LogP contribution >= 0.6 is 35.6 Å². The van der Waals surface area contributed by atoms with E-state index in [0.717, 1.165) is 30.4 Å². The average Bonchev–Trinajstić information content (AvgIpc) is 3.06. The summed E-state index contributed by atoms with van der Waals surface area (Å²) in [5.74, 6) is 2.49. The SMILES string of the molecule is CN=C(NCCc1ccco1)NCC(C)Oc1ccc(Cl)cc1.I. The molecule has 0 fully saturated rings. The predicted molar refractivity (Wildman–Crippen MR) is 109 cm³/mol. The summed E-state index contributed by atoms with van der Waals surface area (Å²) in [7, 11) is 1.74. The summed E-state index contributed by atoms with van der Waals surface area (Å²) in [5.41, 5.74) is 0. The first-order chi connectivity index (χ1) is 11.2. The fourth-order valence-corrected chi connectivity index (χ4v) is 2.13. The van der Waals surface area contributed by atoms with Gasteiger partial charge in [-0.05, 0) is 43.3 Å². The van der Waals surface area contributed by atoms with E-state index in [-0.39, 0.29) is 30.1 Å². The molecule has 1 unspecified atom stereocenters. The maximum atomic E-state index is 5.86. The lowest BCUT2D eigenvalue weighted by Gasteiger charge is -2.17. The number of benzene rings is 1. The van der Waals surface area contributed by atoms with E-state index in [1.807, 2.05) is 43.3 Å². The lowest BCUT2D eigenvalue weighted by molar-refractivity contribution is 0.224. The zero-order valence-electron chi connectivity index (χ0n) is 13.8. The van der Waals surface area contributed by atoms with Gasteiger partial charge in [-0.25, -0.2) is 0 Å². The Kier molecular flexibility index (Phi) is 9.63. The number of furan rings is 1. The summed E-state index contributed by atoms with van der Waals surface area (Å²) in [6.07, 6.45) is 2.49. The maximum Gasteiger partial charge on any atom is 0.191 e. The minimum atomic E-state index is -0.000186. The zero-order valence-corrected chi connectivity index (χ0v) is 16.9. The van der Waals surface area contributed by atoms with Crippen molar-refractivity contribution in [3.63, 3.8) is 0 Å². The second kappa shape index (κ2) is 11.2. The summed E-state index contributed by atoms with van der Waals surface area (Å²) in [4.78, 5) is 4.19. The van der Waals surface area contributed by atoms with Gasteiger partial charge >= 0.3 is 0 Å². The highest BCUT2D eigenvalue weighted by Crippen LogP contribution is 2.16. The van der Waals surface area contributed by atoms with E-state index in [0.29, 0.717) is 11.6 Å². The summed E-state index contributed by atoms with van der Waals surface area (Å²) in [6, 6.07) is 11.2. The van der Waals surface area contributed by atoms with Gasteiger partial charge in [-0.15, -0.1) is 24.0 Å². The van der Waals surface area contributed by atoms with Gasteiger partial charge in [-0.1, -0.05) is 11.6 Å². The minimum Gasteiger partial charge on any atom is -0.489 e. The van der Waals surface area contributed by atoms with Gasteiger partial charge in [0.1, 0.15) is 17.6 Å². The van der Waals surface area contributed by atoms with Crippen molar-refractivity contribution in [1.29, 1.82) is 0 Å². The first-order valence-electron chi connectivity index (χ1n) is 7.56. The maximum absolute atomic E-state index is 5.86. The Hall–Kier alpha value is -1.41. The number of nitrogens with one attached hydrogen (secondary N) is 2. The first kappa shape index (κ1) is 20.6. The predicted octanol–water partition coefficient (Wildman–Crippen LogP) is 3.73. The van der Waals surface area contributed by atoms with Crippen LogP contribution in [0, 0.1) is 0 Å². The number of hydrogen-bond acceptors (Lipinski definition) is 3. The van der Waals surface area contributed by atoms with Gasteiger partial charge in [-0.2, -0.15) is 0 Å². The standard InChI is InChI=1S/C17H22ClN3O2.HI/c1-13(23-16-7-5-14(18)6-8-16)12-21-17(19-2)20-10-9-15-4-3-11-22-15;/h3-8,11,13H,9-10,12H2,1-2H3,(H2,19,20,21);1H. The number of aliphatic imine (C=N–C) groups is 1. The van der Waals surface area contributed by atoms with E-state index in [9.17, 15) is 0 Å². The fourth-order valence-electron chi connectivity index (χ4n) is 2.01. The highest BCUT2D eigenvalue weighted by atomic mass is 127. The molecule has 0 radical (unpaired) electrons. The molecule has 0 aliphatic rings. The Morgan fingerprint density at radius 2 is 2.00 bits per heavy atom. The van der Waals surface area contributed by atoms with E-state index in [4.69, 9.17) is 20.8 Å². The third kappa shape index (κ3) is 7.44. The van der Waals surface area contributed by atoms with Crippen LogP contribution in [0.15, 0.2) is 52.1 Å². The molecule has 0 amide bonds. The fraction of sp³-hybridized carbons (Fsp3) is 0.353. The van der Waals surface area contributed by atoms with E-state index in [2.05, 4.69) is 15.6 Å². The first-order valence-corrected chi connectivity index (χ1v) is 7.94. The molecule has 1 aromatic carbocycles. The summed E-state index contributed by atoms with van der Waals surface area (Å²) < 4.78 is 11.1. The van der Waals surface area contributed by atoms with Crippen LogP contribution in [0.5, 0.6) is 5.75 Å². The second-order valence-corrected chi connectivity index (χ2v) is 5.53. The van der Waals surface area contributed by atoms with Crippen molar-refractivity contribution in [2.45, 2.75) is 19.4 Å². The Bertz CT molecular complexity index is 603. The van der Waals surface area contributed by atoms with E-state index in [1.54, 1.807) is 13.3 Å². The number of halogens is 2. The zero-order chi connectivity index (χ0) is 16.5. The average molecular weight is 464 g/mol. The lowest BCUT2D eigenvalue weighted by atomic mass is 10.3. The molecule has 24 heavy (non-hydrogen) atoms. The molecule has 2 N–H and O–H groups in total. The minimum absolute atomic E-state index is 0. The van der Waals surface area contributed by atoms with Gasteiger partial charge in [0.15, 0.2) is 5.96 Å². The largest absolute Gasteiger partial charge is 0.489 e. The molecule has 0 saturated heterocycles. The van der Waals surface area contributed by atoms with Crippen LogP contribution in [0.2, 0.25) is 5.02 Å². The van der Waals surface area contributed by atoms with Crippen LogP contribution in [-0.4, -0.2) is 32.2 Å². The molecule has 0 saturated carbocycles. The second-order valence-electron chi connectivity index (χ2n) is 5.09. The molecule has 1 aromatic heterocycles. The molecule has 5 nitrogen and oxygen atoms in total. The van der Waals surface area contributed by atoms with Crippen molar-refractivity contribution in [3.05, 3.63) is 53.4 Å². The molecular formula is C17H23ClIN3O2. The van der Waals surface area contributed by atoms with Crippen molar-refractivity contribution in [1.82, 2.24) is 10.6 Å². The highest BCUT2D eigenvalue weighted by Gasteiger charge is 2.06.